The first-order valence-electron chi connectivity index (χ1n) is 5.65. The number of hydrogen-bond acceptors (Lipinski definition) is 2. The zero-order chi connectivity index (χ0) is 13.0. The summed E-state index contributed by atoms with van der Waals surface area (Å²) in [7, 11) is 1.90. The lowest BCUT2D eigenvalue weighted by Gasteiger charge is -2.19. The summed E-state index contributed by atoms with van der Waals surface area (Å²) in [5.41, 5.74) is 2.52. The van der Waals surface area contributed by atoms with Gasteiger partial charge in [-0.15, -0.1) is 11.6 Å². The summed E-state index contributed by atoms with van der Waals surface area (Å²) in [6, 6.07) is 10.6. The van der Waals surface area contributed by atoms with Crippen molar-refractivity contribution in [3.05, 3.63) is 59.7 Å². The minimum atomic E-state index is -0.268. The smallest absolute Gasteiger partial charge is 0.125 e. The first kappa shape index (κ1) is 12.8. The first-order valence-corrected chi connectivity index (χ1v) is 6.19. The fourth-order valence-corrected chi connectivity index (χ4v) is 1.91. The summed E-state index contributed by atoms with van der Waals surface area (Å²) in [4.78, 5) is 6.19. The van der Waals surface area contributed by atoms with E-state index in [4.69, 9.17) is 11.6 Å². The normalized spacial score (nSPS) is 10.4. The van der Waals surface area contributed by atoms with Crippen molar-refractivity contribution in [3.8, 4) is 0 Å². The van der Waals surface area contributed by atoms with Gasteiger partial charge in [-0.05, 0) is 35.9 Å². The monoisotopic (exact) mass is 264 g/mol. The Morgan fingerprint density at radius 1 is 1.28 bits per heavy atom. The Morgan fingerprint density at radius 3 is 2.78 bits per heavy atom. The van der Waals surface area contributed by atoms with Crippen molar-refractivity contribution in [1.29, 1.82) is 0 Å². The third kappa shape index (κ3) is 3.20. The molecule has 94 valence electrons. The predicted molar refractivity (Wildman–Crippen MR) is 72.3 cm³/mol. The third-order valence-corrected chi connectivity index (χ3v) is 2.97. The van der Waals surface area contributed by atoms with Crippen molar-refractivity contribution in [1.82, 2.24) is 4.98 Å². The number of alkyl halides is 1. The lowest BCUT2D eigenvalue weighted by atomic mass is 10.2. The van der Waals surface area contributed by atoms with Gasteiger partial charge in [0.2, 0.25) is 0 Å². The van der Waals surface area contributed by atoms with Gasteiger partial charge in [0.15, 0.2) is 0 Å². The van der Waals surface area contributed by atoms with Crippen LogP contribution in [0.2, 0.25) is 0 Å². The Morgan fingerprint density at radius 2 is 2.11 bits per heavy atom. The molecule has 0 aliphatic carbocycles. The zero-order valence-electron chi connectivity index (χ0n) is 10.1. The molecule has 0 radical (unpaired) electrons. The number of anilines is 1. The Kier molecular flexibility index (Phi) is 4.15. The second-order valence-electron chi connectivity index (χ2n) is 4.13. The maximum Gasteiger partial charge on any atom is 0.125 e. The Balaban J connectivity index is 2.18. The number of nitrogens with zero attached hydrogens (tertiary/aromatic N) is 2. The Labute approximate surface area is 111 Å². The van der Waals surface area contributed by atoms with Crippen LogP contribution in [-0.2, 0) is 12.4 Å². The van der Waals surface area contributed by atoms with Gasteiger partial charge in [-0.25, -0.2) is 4.39 Å². The summed E-state index contributed by atoms with van der Waals surface area (Å²) < 4.78 is 13.4. The molecule has 1 aromatic heterocycles. The number of rotatable bonds is 4. The van der Waals surface area contributed by atoms with Crippen LogP contribution < -0.4 is 4.90 Å². The average molecular weight is 265 g/mol. The van der Waals surface area contributed by atoms with Gasteiger partial charge in [0, 0.05) is 24.8 Å². The highest BCUT2D eigenvalue weighted by atomic mass is 35.5. The largest absolute Gasteiger partial charge is 0.369 e. The van der Waals surface area contributed by atoms with E-state index in [-0.39, 0.29) is 5.82 Å². The van der Waals surface area contributed by atoms with Crippen molar-refractivity contribution in [2.45, 2.75) is 12.4 Å². The van der Waals surface area contributed by atoms with Gasteiger partial charge in [-0.2, -0.15) is 0 Å². The predicted octanol–water partition coefficient (Wildman–Crippen LogP) is 3.60. The molecule has 0 aliphatic heterocycles. The van der Waals surface area contributed by atoms with E-state index >= 15 is 0 Å². The molecule has 0 saturated carbocycles. The van der Waals surface area contributed by atoms with E-state index in [0.29, 0.717) is 12.4 Å². The lowest BCUT2D eigenvalue weighted by molar-refractivity contribution is 0.625. The highest BCUT2D eigenvalue weighted by Crippen LogP contribution is 2.20. The first-order chi connectivity index (χ1) is 8.69. The second kappa shape index (κ2) is 5.83. The quantitative estimate of drug-likeness (QED) is 0.785. The van der Waals surface area contributed by atoms with Crippen LogP contribution in [0.1, 0.15) is 11.3 Å². The van der Waals surface area contributed by atoms with Gasteiger partial charge in [0.25, 0.3) is 0 Å². The van der Waals surface area contributed by atoms with Gasteiger partial charge in [0.05, 0.1) is 12.2 Å². The molecule has 0 N–H and O–H groups in total. The van der Waals surface area contributed by atoms with Crippen LogP contribution in [0.3, 0.4) is 0 Å². The lowest BCUT2D eigenvalue weighted by Crippen LogP contribution is -2.17. The fourth-order valence-electron chi connectivity index (χ4n) is 1.76. The molecule has 0 spiro atoms. The van der Waals surface area contributed by atoms with Crippen LogP contribution in [0.25, 0.3) is 0 Å². The molecule has 18 heavy (non-hydrogen) atoms. The highest BCUT2D eigenvalue weighted by molar-refractivity contribution is 6.17. The van der Waals surface area contributed by atoms with Crippen molar-refractivity contribution in [2.24, 2.45) is 0 Å². The molecule has 1 aromatic carbocycles. The average Bonchev–Trinajstić information content (AvgIpc) is 2.39. The van der Waals surface area contributed by atoms with Crippen molar-refractivity contribution < 1.29 is 4.39 Å². The number of benzene rings is 1. The van der Waals surface area contributed by atoms with Gasteiger partial charge < -0.3 is 4.90 Å². The van der Waals surface area contributed by atoms with E-state index < -0.39 is 0 Å². The van der Waals surface area contributed by atoms with Gasteiger partial charge in [-0.3, -0.25) is 4.98 Å². The van der Waals surface area contributed by atoms with Gasteiger partial charge in [0.1, 0.15) is 5.82 Å². The standard InChI is InChI=1S/C14H14ClFN2/c1-18(10-13-4-2-3-5-17-13)14-7-11(9-15)6-12(16)8-14/h2-8H,9-10H2,1H3. The van der Waals surface area contributed by atoms with E-state index in [0.717, 1.165) is 16.9 Å². The van der Waals surface area contributed by atoms with Crippen molar-refractivity contribution in [3.63, 3.8) is 0 Å². The number of pyridine rings is 1. The fraction of sp³-hybridized carbons (Fsp3) is 0.214. The number of aromatic nitrogens is 1. The summed E-state index contributed by atoms with van der Waals surface area (Å²) in [6.07, 6.45) is 1.75. The van der Waals surface area contributed by atoms with Gasteiger partial charge >= 0.3 is 0 Å². The van der Waals surface area contributed by atoms with Gasteiger partial charge in [-0.1, -0.05) is 6.07 Å². The molecule has 2 aromatic rings. The van der Waals surface area contributed by atoms with Crippen LogP contribution in [0.5, 0.6) is 0 Å². The minimum absolute atomic E-state index is 0.268. The van der Waals surface area contributed by atoms with E-state index in [2.05, 4.69) is 4.98 Å². The molecule has 0 saturated heterocycles. The summed E-state index contributed by atoms with van der Waals surface area (Å²) >= 11 is 5.74. The number of hydrogen-bond donors (Lipinski definition) is 0. The van der Waals surface area contributed by atoms with E-state index in [1.807, 2.05) is 36.2 Å². The molecule has 2 nitrogen and oxygen atoms in total. The van der Waals surface area contributed by atoms with Crippen LogP contribution >= 0.6 is 11.6 Å². The van der Waals surface area contributed by atoms with E-state index in [9.17, 15) is 4.39 Å². The van der Waals surface area contributed by atoms with Crippen LogP contribution in [-0.4, -0.2) is 12.0 Å². The topological polar surface area (TPSA) is 16.1 Å². The Bertz CT molecular complexity index is 516. The molecular formula is C14H14ClFN2. The van der Waals surface area contributed by atoms with Crippen molar-refractivity contribution >= 4 is 17.3 Å². The van der Waals surface area contributed by atoms with Crippen molar-refractivity contribution in [2.75, 3.05) is 11.9 Å². The summed E-state index contributed by atoms with van der Waals surface area (Å²) in [6.45, 7) is 0.631. The maximum absolute atomic E-state index is 13.4. The second-order valence-corrected chi connectivity index (χ2v) is 4.40. The molecule has 0 amide bonds. The molecule has 0 atom stereocenters. The van der Waals surface area contributed by atoms with Crippen LogP contribution in [0.4, 0.5) is 10.1 Å². The molecular weight excluding hydrogens is 251 g/mol. The minimum Gasteiger partial charge on any atom is -0.369 e. The maximum atomic E-state index is 13.4. The molecule has 0 bridgehead atoms. The van der Waals surface area contributed by atoms with Crippen LogP contribution in [0, 0.1) is 5.82 Å². The molecule has 4 heteroatoms. The van der Waals surface area contributed by atoms with E-state index in [1.165, 1.54) is 12.1 Å². The summed E-state index contributed by atoms with van der Waals surface area (Å²) in [5.74, 6) is 0.0402. The van der Waals surface area contributed by atoms with E-state index in [1.54, 1.807) is 6.20 Å². The molecule has 1 heterocycles. The van der Waals surface area contributed by atoms with Crippen LogP contribution in [0.15, 0.2) is 42.6 Å². The molecule has 0 unspecified atom stereocenters. The molecule has 0 fully saturated rings. The zero-order valence-corrected chi connectivity index (χ0v) is 10.9. The molecule has 2 rings (SSSR count). The Hall–Kier alpha value is -1.61. The summed E-state index contributed by atoms with van der Waals surface area (Å²) in [5, 5.41) is 0. The SMILES string of the molecule is CN(Cc1ccccn1)c1cc(F)cc(CCl)c1. The highest BCUT2D eigenvalue weighted by Gasteiger charge is 2.06. The molecule has 0 aliphatic rings. The third-order valence-electron chi connectivity index (χ3n) is 2.66. The number of halogens is 2.